The van der Waals surface area contributed by atoms with Crippen molar-refractivity contribution < 1.29 is 14.4 Å². The standard InChI is InChI=1S/C41H41NO3/c43-39-32-17-8-7-16-30(32)31-22-24-34-37-35(25-23-33(39)36(31)37)41(45)42(40(34)44)38-28(20-18-26-10-3-1-4-11-26)14-9-15-29(38)21-19-27-12-5-2-6-13-27/h7-9,14-17,22-27H,1-6,10-13,18-21H2. The van der Waals surface area contributed by atoms with Gasteiger partial charge in [0.25, 0.3) is 11.8 Å². The Bertz CT molecular complexity index is 1780. The average molecular weight is 596 g/mol. The quantitative estimate of drug-likeness (QED) is 0.176. The van der Waals surface area contributed by atoms with E-state index in [9.17, 15) is 14.4 Å². The fraction of sp³-hybridized carbons (Fsp3) is 0.390. The van der Waals surface area contributed by atoms with E-state index in [0.29, 0.717) is 39.5 Å². The molecule has 3 aliphatic carbocycles. The first-order valence-corrected chi connectivity index (χ1v) is 17.3. The van der Waals surface area contributed by atoms with Crippen molar-refractivity contribution in [3.05, 3.63) is 100 Å². The Balaban J connectivity index is 1.22. The Kier molecular flexibility index (Phi) is 7.40. The van der Waals surface area contributed by atoms with E-state index in [1.54, 1.807) is 12.1 Å². The zero-order valence-electron chi connectivity index (χ0n) is 26.1. The molecule has 2 amide bonds. The summed E-state index contributed by atoms with van der Waals surface area (Å²) in [6, 6.07) is 21.5. The van der Waals surface area contributed by atoms with Gasteiger partial charge in [-0.3, -0.25) is 14.4 Å². The molecule has 8 rings (SSSR count). The van der Waals surface area contributed by atoms with Crippen LogP contribution in [0.15, 0.2) is 66.7 Å². The lowest BCUT2D eigenvalue weighted by atomic mass is 9.79. The van der Waals surface area contributed by atoms with E-state index in [4.69, 9.17) is 0 Å². The molecule has 1 aliphatic heterocycles. The van der Waals surface area contributed by atoms with E-state index in [0.717, 1.165) is 59.0 Å². The van der Waals surface area contributed by atoms with Crippen LogP contribution in [0.4, 0.5) is 5.69 Å². The molecule has 45 heavy (non-hydrogen) atoms. The van der Waals surface area contributed by atoms with Crippen LogP contribution >= 0.6 is 0 Å². The smallest absolute Gasteiger partial charge is 0.266 e. The molecule has 0 unspecified atom stereocenters. The number of para-hydroxylation sites is 1. The van der Waals surface area contributed by atoms with Gasteiger partial charge in [-0.1, -0.05) is 113 Å². The van der Waals surface area contributed by atoms with Crippen LogP contribution in [0.2, 0.25) is 0 Å². The van der Waals surface area contributed by atoms with Gasteiger partial charge in [0.05, 0.1) is 5.69 Å². The van der Waals surface area contributed by atoms with Crippen LogP contribution in [0.1, 0.15) is 125 Å². The maximum absolute atomic E-state index is 14.6. The van der Waals surface area contributed by atoms with Crippen molar-refractivity contribution in [1.82, 2.24) is 0 Å². The molecule has 0 spiro atoms. The molecular weight excluding hydrogens is 554 g/mol. The number of rotatable bonds is 7. The number of anilines is 1. The third-order valence-corrected chi connectivity index (χ3v) is 11.3. The molecule has 4 aliphatic rings. The van der Waals surface area contributed by atoms with Crippen molar-refractivity contribution in [2.45, 2.75) is 89.9 Å². The maximum atomic E-state index is 14.6. The Hall–Kier alpha value is -4.05. The van der Waals surface area contributed by atoms with Gasteiger partial charge < -0.3 is 0 Å². The SMILES string of the molecule is O=C1c2ccccc2-c2ccc3c4c(ccc1c24)C(=O)N(c1c(CCC2CCCCC2)cccc1CCC1CCCCC1)C3=O. The first-order chi connectivity index (χ1) is 22.1. The van der Waals surface area contributed by atoms with E-state index < -0.39 is 0 Å². The second-order valence-electron chi connectivity index (χ2n) is 13.9. The fourth-order valence-electron chi connectivity index (χ4n) is 8.87. The molecule has 4 aromatic rings. The number of hydrogen-bond donors (Lipinski definition) is 0. The van der Waals surface area contributed by atoms with Crippen molar-refractivity contribution in [1.29, 1.82) is 0 Å². The van der Waals surface area contributed by atoms with E-state index in [-0.39, 0.29) is 17.6 Å². The van der Waals surface area contributed by atoms with Crippen LogP contribution in [-0.2, 0) is 12.8 Å². The van der Waals surface area contributed by atoms with Crippen molar-refractivity contribution in [3.8, 4) is 11.1 Å². The summed E-state index contributed by atoms with van der Waals surface area (Å²) in [5.41, 5.74) is 7.07. The Morgan fingerprint density at radius 3 is 1.56 bits per heavy atom. The molecule has 0 radical (unpaired) electrons. The zero-order chi connectivity index (χ0) is 30.5. The van der Waals surface area contributed by atoms with Gasteiger partial charge in [0.15, 0.2) is 5.78 Å². The largest absolute Gasteiger partial charge is 0.289 e. The van der Waals surface area contributed by atoms with Crippen LogP contribution in [0.3, 0.4) is 0 Å². The van der Waals surface area contributed by atoms with Crippen LogP contribution in [0.5, 0.6) is 0 Å². The predicted octanol–water partition coefficient (Wildman–Crippen LogP) is 9.88. The number of amides is 2. The number of carbonyl (C=O) groups is 3. The van der Waals surface area contributed by atoms with E-state index in [2.05, 4.69) is 18.2 Å². The van der Waals surface area contributed by atoms with Gasteiger partial charge in [-0.05, 0) is 78.0 Å². The molecule has 0 saturated heterocycles. The van der Waals surface area contributed by atoms with E-state index in [1.807, 2.05) is 36.4 Å². The molecule has 4 heteroatoms. The molecule has 4 nitrogen and oxygen atoms in total. The molecule has 0 aromatic heterocycles. The van der Waals surface area contributed by atoms with Crippen molar-refractivity contribution in [2.24, 2.45) is 11.8 Å². The molecule has 2 saturated carbocycles. The Morgan fingerprint density at radius 2 is 0.978 bits per heavy atom. The summed E-state index contributed by atoms with van der Waals surface area (Å²) in [5.74, 6) is 0.824. The van der Waals surface area contributed by atoms with E-state index in [1.165, 1.54) is 69.1 Å². The Labute approximate surface area is 265 Å². The van der Waals surface area contributed by atoms with Gasteiger partial charge in [-0.15, -0.1) is 0 Å². The number of fused-ring (bicyclic) bond motifs is 2. The third kappa shape index (κ3) is 4.85. The van der Waals surface area contributed by atoms with Crippen LogP contribution in [-0.4, -0.2) is 17.6 Å². The number of ketones is 1. The lowest BCUT2D eigenvalue weighted by molar-refractivity contribution is 0.0891. The lowest BCUT2D eigenvalue weighted by Crippen LogP contribution is -2.42. The average Bonchev–Trinajstić information content (AvgIpc) is 3.09. The van der Waals surface area contributed by atoms with Crippen LogP contribution in [0.25, 0.3) is 21.9 Å². The van der Waals surface area contributed by atoms with Crippen molar-refractivity contribution >= 4 is 34.1 Å². The number of hydrogen-bond acceptors (Lipinski definition) is 3. The number of benzene rings is 4. The van der Waals surface area contributed by atoms with Crippen molar-refractivity contribution in [2.75, 3.05) is 4.90 Å². The first-order valence-electron chi connectivity index (χ1n) is 17.3. The van der Waals surface area contributed by atoms with Gasteiger partial charge in [0.2, 0.25) is 0 Å². The highest BCUT2D eigenvalue weighted by molar-refractivity contribution is 6.39. The second-order valence-corrected chi connectivity index (χ2v) is 13.9. The highest BCUT2D eigenvalue weighted by Gasteiger charge is 2.39. The lowest BCUT2D eigenvalue weighted by Gasteiger charge is -2.33. The molecular formula is C41H41NO3. The number of imide groups is 1. The summed E-state index contributed by atoms with van der Waals surface area (Å²) in [7, 11) is 0. The molecule has 0 N–H and O–H groups in total. The molecule has 228 valence electrons. The number of nitrogens with zero attached hydrogens (tertiary/aromatic N) is 1. The van der Waals surface area contributed by atoms with Gasteiger partial charge in [-0.2, -0.15) is 0 Å². The van der Waals surface area contributed by atoms with E-state index >= 15 is 0 Å². The topological polar surface area (TPSA) is 54.5 Å². The van der Waals surface area contributed by atoms with Gasteiger partial charge in [-0.25, -0.2) is 4.90 Å². The first kappa shape index (κ1) is 28.4. The molecule has 2 fully saturated rings. The summed E-state index contributed by atoms with van der Waals surface area (Å²) in [6.45, 7) is 0. The minimum absolute atomic E-state index is 0.0535. The van der Waals surface area contributed by atoms with Crippen LogP contribution in [0, 0.1) is 11.8 Å². The predicted molar refractivity (Wildman–Crippen MR) is 180 cm³/mol. The monoisotopic (exact) mass is 595 g/mol. The summed E-state index contributed by atoms with van der Waals surface area (Å²) in [4.78, 5) is 44.3. The second kappa shape index (κ2) is 11.7. The molecule has 1 heterocycles. The fourth-order valence-corrected chi connectivity index (χ4v) is 8.87. The van der Waals surface area contributed by atoms with Gasteiger partial charge in [0.1, 0.15) is 0 Å². The van der Waals surface area contributed by atoms with Crippen LogP contribution < -0.4 is 4.90 Å². The molecule has 0 bridgehead atoms. The summed E-state index contributed by atoms with van der Waals surface area (Å²) in [5, 5.41) is 1.36. The third-order valence-electron chi connectivity index (χ3n) is 11.3. The highest BCUT2D eigenvalue weighted by atomic mass is 16.2. The highest BCUT2D eigenvalue weighted by Crippen LogP contribution is 2.45. The van der Waals surface area contributed by atoms with Gasteiger partial charge in [0, 0.05) is 33.0 Å². The van der Waals surface area contributed by atoms with Gasteiger partial charge >= 0.3 is 0 Å². The minimum atomic E-state index is -0.272. The molecule has 0 atom stereocenters. The minimum Gasteiger partial charge on any atom is -0.289 e. The maximum Gasteiger partial charge on any atom is 0.266 e. The number of carbonyl (C=O) groups excluding carboxylic acids is 3. The summed E-state index contributed by atoms with van der Waals surface area (Å²) in [6.07, 6.45) is 16.9. The molecule has 4 aromatic carbocycles. The summed E-state index contributed by atoms with van der Waals surface area (Å²) >= 11 is 0. The Morgan fingerprint density at radius 1 is 0.489 bits per heavy atom. The number of aryl methyl sites for hydroxylation is 2. The summed E-state index contributed by atoms with van der Waals surface area (Å²) < 4.78 is 0. The van der Waals surface area contributed by atoms with Crippen molar-refractivity contribution in [3.63, 3.8) is 0 Å². The normalized spacial score (nSPS) is 18.5. The zero-order valence-corrected chi connectivity index (χ0v) is 26.1.